The number of benzene rings is 1. The van der Waals surface area contributed by atoms with E-state index in [-0.39, 0.29) is 30.3 Å². The summed E-state index contributed by atoms with van der Waals surface area (Å²) in [5.41, 5.74) is 0.231. The summed E-state index contributed by atoms with van der Waals surface area (Å²) < 4.78 is 43.9. The number of H-pyrrole nitrogens is 1. The highest BCUT2D eigenvalue weighted by molar-refractivity contribution is 7.88. The average Bonchev–Trinajstić information content (AvgIpc) is 3.44. The van der Waals surface area contributed by atoms with Crippen LogP contribution in [0.1, 0.15) is 25.6 Å². The number of hydrogen-bond acceptors (Lipinski definition) is 7. The monoisotopic (exact) mass is 542 g/mol. The molecule has 200 valence electrons. The van der Waals surface area contributed by atoms with Crippen LogP contribution in [0.3, 0.4) is 0 Å². The number of hydrogen-bond donors (Lipinski definition) is 2. The molecule has 38 heavy (non-hydrogen) atoms. The van der Waals surface area contributed by atoms with Gasteiger partial charge in [-0.2, -0.15) is 4.98 Å². The van der Waals surface area contributed by atoms with Crippen molar-refractivity contribution in [1.29, 1.82) is 0 Å². The maximum atomic E-state index is 13.7. The van der Waals surface area contributed by atoms with Gasteiger partial charge >= 0.3 is 5.69 Å². The van der Waals surface area contributed by atoms with Gasteiger partial charge in [-0.25, -0.2) is 27.3 Å². The zero-order chi connectivity index (χ0) is 27.2. The zero-order valence-electron chi connectivity index (χ0n) is 21.2. The van der Waals surface area contributed by atoms with Crippen LogP contribution in [0.2, 0.25) is 0 Å². The minimum atomic E-state index is -3.40. The topological polar surface area (TPSA) is 140 Å². The van der Waals surface area contributed by atoms with E-state index in [0.717, 1.165) is 10.8 Å². The van der Waals surface area contributed by atoms with Gasteiger partial charge < -0.3 is 9.88 Å². The Hall–Kier alpha value is -3.96. The Morgan fingerprint density at radius 1 is 1.24 bits per heavy atom. The molecule has 3 aromatic heterocycles. The second-order valence-corrected chi connectivity index (χ2v) is 11.1. The van der Waals surface area contributed by atoms with Crippen molar-refractivity contribution in [2.24, 2.45) is 7.05 Å². The Morgan fingerprint density at radius 2 is 2.03 bits per heavy atom. The van der Waals surface area contributed by atoms with Gasteiger partial charge in [0.25, 0.3) is 5.56 Å². The van der Waals surface area contributed by atoms with E-state index in [1.807, 2.05) is 4.90 Å². The number of sulfonamides is 1. The smallest absolute Gasteiger partial charge is 0.332 e. The van der Waals surface area contributed by atoms with Crippen LogP contribution in [0, 0.1) is 17.7 Å². The molecule has 0 aliphatic carbocycles. The lowest BCUT2D eigenvalue weighted by molar-refractivity contribution is 0.460. The van der Waals surface area contributed by atoms with E-state index in [2.05, 4.69) is 31.5 Å². The summed E-state index contributed by atoms with van der Waals surface area (Å²) in [6.07, 6.45) is 2.51. The predicted octanol–water partition coefficient (Wildman–Crippen LogP) is 0.502. The lowest BCUT2D eigenvalue weighted by Crippen LogP contribution is -2.48. The summed E-state index contributed by atoms with van der Waals surface area (Å²) in [5, 5.41) is 0. The Balaban J connectivity index is 1.62. The van der Waals surface area contributed by atoms with Gasteiger partial charge in [0.05, 0.1) is 30.4 Å². The maximum absolute atomic E-state index is 13.7. The third-order valence-corrected chi connectivity index (χ3v) is 7.27. The molecule has 4 aromatic rings. The quantitative estimate of drug-likeness (QED) is 0.338. The minimum absolute atomic E-state index is 0.151. The molecule has 12 nitrogen and oxygen atoms in total. The Bertz CT molecular complexity index is 1840. The molecule has 4 heterocycles. The molecule has 1 fully saturated rings. The largest absolute Gasteiger partial charge is 0.341 e. The van der Waals surface area contributed by atoms with E-state index in [9.17, 15) is 22.4 Å². The van der Waals surface area contributed by atoms with Crippen molar-refractivity contribution < 1.29 is 12.8 Å². The predicted molar refractivity (Wildman–Crippen MR) is 141 cm³/mol. The molecule has 1 saturated heterocycles. The van der Waals surface area contributed by atoms with E-state index >= 15 is 0 Å². The first-order valence-corrected chi connectivity index (χ1v) is 13.9. The van der Waals surface area contributed by atoms with Crippen LogP contribution in [-0.4, -0.2) is 62.5 Å². The van der Waals surface area contributed by atoms with Crippen LogP contribution in [0.4, 0.5) is 10.3 Å². The van der Waals surface area contributed by atoms with Crippen LogP contribution < -0.4 is 20.9 Å². The summed E-state index contributed by atoms with van der Waals surface area (Å²) >= 11 is 0. The van der Waals surface area contributed by atoms with Crippen molar-refractivity contribution in [2.45, 2.75) is 38.9 Å². The van der Waals surface area contributed by atoms with E-state index < -0.39 is 27.1 Å². The van der Waals surface area contributed by atoms with Crippen LogP contribution in [0.15, 0.2) is 27.8 Å². The van der Waals surface area contributed by atoms with Crippen LogP contribution in [0.25, 0.3) is 22.2 Å². The highest BCUT2D eigenvalue weighted by atomic mass is 32.2. The van der Waals surface area contributed by atoms with Crippen LogP contribution >= 0.6 is 0 Å². The molecule has 0 radical (unpaired) electrons. The summed E-state index contributed by atoms with van der Waals surface area (Å²) in [4.78, 5) is 40.9. The highest BCUT2D eigenvalue weighted by Crippen LogP contribution is 2.23. The third-order valence-electron chi connectivity index (χ3n) is 6.51. The number of aryl methyl sites for hydroxylation is 1. The van der Waals surface area contributed by atoms with E-state index in [0.29, 0.717) is 48.7 Å². The van der Waals surface area contributed by atoms with Crippen molar-refractivity contribution in [1.82, 2.24) is 33.4 Å². The number of anilines is 1. The molecule has 0 spiro atoms. The molecule has 0 bridgehead atoms. The fourth-order valence-corrected chi connectivity index (χ4v) is 5.66. The van der Waals surface area contributed by atoms with Crippen molar-refractivity contribution >= 4 is 38.2 Å². The number of aromatic amines is 1. The van der Waals surface area contributed by atoms with E-state index in [1.54, 1.807) is 11.5 Å². The molecule has 0 unspecified atom stereocenters. The molecule has 0 amide bonds. The third kappa shape index (κ3) is 4.82. The summed E-state index contributed by atoms with van der Waals surface area (Å²) in [6.45, 7) is 2.64. The van der Waals surface area contributed by atoms with E-state index in [1.165, 1.54) is 29.8 Å². The molecule has 1 aliphatic rings. The van der Waals surface area contributed by atoms with Crippen molar-refractivity contribution in [3.8, 4) is 11.8 Å². The lowest BCUT2D eigenvalue weighted by atomic mass is 10.1. The lowest BCUT2D eigenvalue weighted by Gasteiger charge is -2.33. The Morgan fingerprint density at radius 3 is 2.76 bits per heavy atom. The summed E-state index contributed by atoms with van der Waals surface area (Å²) in [7, 11) is -1.87. The zero-order valence-corrected chi connectivity index (χ0v) is 22.0. The number of aromatic nitrogens is 6. The second kappa shape index (κ2) is 9.73. The molecule has 1 atom stereocenters. The fourth-order valence-electron chi connectivity index (χ4n) is 4.87. The van der Waals surface area contributed by atoms with Gasteiger partial charge in [-0.05, 0) is 38.0 Å². The molecule has 5 rings (SSSR count). The van der Waals surface area contributed by atoms with Crippen molar-refractivity contribution in [2.75, 3.05) is 24.2 Å². The Labute approximate surface area is 217 Å². The van der Waals surface area contributed by atoms with Gasteiger partial charge in [0.2, 0.25) is 16.0 Å². The highest BCUT2D eigenvalue weighted by Gasteiger charge is 2.28. The number of piperidine rings is 1. The molecule has 14 heteroatoms. The number of nitrogens with zero attached hydrogens (tertiary/aromatic N) is 6. The molecule has 2 N–H and O–H groups in total. The van der Waals surface area contributed by atoms with Gasteiger partial charge in [-0.15, -0.1) is 5.92 Å². The van der Waals surface area contributed by atoms with Gasteiger partial charge in [0.15, 0.2) is 11.2 Å². The maximum Gasteiger partial charge on any atom is 0.332 e. The number of fused-ring (bicyclic) bond motifs is 2. The van der Waals surface area contributed by atoms with Gasteiger partial charge in [-0.1, -0.05) is 5.92 Å². The molecular formula is C24H27FN8O4S. The first kappa shape index (κ1) is 25.7. The van der Waals surface area contributed by atoms with Crippen molar-refractivity contribution in [3.05, 3.63) is 50.7 Å². The molecule has 1 aromatic carbocycles. The van der Waals surface area contributed by atoms with E-state index in [4.69, 9.17) is 0 Å². The minimum Gasteiger partial charge on any atom is -0.341 e. The standard InChI is InChI=1S/C24H27FN8O4S/c1-4-5-11-32-20-21(28-23(32)31-10-6-7-16(13-31)29-38(3,36)37)30(2)24(35)33(22(20)34)14-19-26-17-9-8-15(25)12-18(17)27-19/h8-9,12,16,29H,6-7,10-11,13-14H2,1-3H3,(H,26,27)/t16-/m1/s1. The number of imidazole rings is 2. The normalized spacial score (nSPS) is 16.2. The second-order valence-electron chi connectivity index (χ2n) is 9.35. The van der Waals surface area contributed by atoms with Gasteiger partial charge in [0.1, 0.15) is 11.6 Å². The summed E-state index contributed by atoms with van der Waals surface area (Å²) in [6, 6.07) is 3.79. The van der Waals surface area contributed by atoms with Gasteiger partial charge in [-0.3, -0.25) is 18.5 Å². The molecule has 0 saturated carbocycles. The first-order chi connectivity index (χ1) is 18.1. The number of halogens is 1. The summed E-state index contributed by atoms with van der Waals surface area (Å²) in [5.74, 6) is 6.14. The first-order valence-electron chi connectivity index (χ1n) is 12.0. The number of rotatable bonds is 6. The number of nitrogens with one attached hydrogen (secondary N) is 2. The average molecular weight is 543 g/mol. The molecule has 1 aliphatic heterocycles. The van der Waals surface area contributed by atoms with Crippen molar-refractivity contribution in [3.63, 3.8) is 0 Å². The molecular weight excluding hydrogens is 515 g/mol. The van der Waals surface area contributed by atoms with Crippen LogP contribution in [-0.2, 0) is 30.2 Å². The SMILES string of the molecule is CC#CCn1c(N2CCC[C@@H](NS(C)(=O)=O)C2)nc2c1c(=O)n(Cc1nc3ccc(F)cc3[nH]1)c(=O)n2C. The van der Waals surface area contributed by atoms with Gasteiger partial charge in [0, 0.05) is 26.2 Å². The van der Waals surface area contributed by atoms with Crippen LogP contribution in [0.5, 0.6) is 0 Å². The Kier molecular flexibility index (Phi) is 6.58. The fraction of sp³-hybridized carbons (Fsp3) is 0.417.